The molecule has 0 saturated carbocycles. The Morgan fingerprint density at radius 3 is 2.62 bits per heavy atom. The normalized spacial score (nSPS) is 10.1. The second-order valence-electron chi connectivity index (χ2n) is 3.59. The summed E-state index contributed by atoms with van der Waals surface area (Å²) < 4.78 is 6.48. The highest BCUT2D eigenvalue weighted by molar-refractivity contribution is 9.10. The van der Waals surface area contributed by atoms with Crippen LogP contribution in [0.2, 0.25) is 0 Å². The predicted molar refractivity (Wildman–Crippen MR) is 67.4 cm³/mol. The minimum absolute atomic E-state index is 0.560. The number of rotatable bonds is 3. The number of hydrogen-bond acceptors (Lipinski definition) is 2. The van der Waals surface area contributed by atoms with Crippen LogP contribution in [-0.4, -0.2) is 4.98 Å². The molecule has 1 heterocycles. The third-order valence-corrected chi connectivity index (χ3v) is 2.65. The Bertz CT molecular complexity index is 468. The minimum atomic E-state index is 0.560. The molecule has 1 aromatic carbocycles. The fourth-order valence-corrected chi connectivity index (χ4v) is 1.75. The van der Waals surface area contributed by atoms with E-state index in [1.807, 2.05) is 36.4 Å². The van der Waals surface area contributed by atoms with Crippen LogP contribution >= 0.6 is 15.9 Å². The highest BCUT2D eigenvalue weighted by Crippen LogP contribution is 2.14. The Labute approximate surface area is 103 Å². The number of benzene rings is 1. The van der Waals surface area contributed by atoms with Crippen molar-refractivity contribution in [2.75, 3.05) is 0 Å². The van der Waals surface area contributed by atoms with Crippen molar-refractivity contribution < 1.29 is 4.74 Å². The largest absolute Gasteiger partial charge is 0.489 e. The highest BCUT2D eigenvalue weighted by atomic mass is 79.9. The molecular formula is C13H12BrNO. The van der Waals surface area contributed by atoms with Crippen LogP contribution in [0.3, 0.4) is 0 Å². The van der Waals surface area contributed by atoms with Gasteiger partial charge in [0.25, 0.3) is 0 Å². The lowest BCUT2D eigenvalue weighted by atomic mass is 10.2. The molecule has 0 amide bonds. The molecule has 0 N–H and O–H groups in total. The minimum Gasteiger partial charge on any atom is -0.489 e. The average molecular weight is 278 g/mol. The fourth-order valence-electron chi connectivity index (χ4n) is 1.33. The topological polar surface area (TPSA) is 22.1 Å². The van der Waals surface area contributed by atoms with Gasteiger partial charge in [0.1, 0.15) is 17.0 Å². The lowest BCUT2D eigenvalue weighted by Gasteiger charge is -2.06. The maximum absolute atomic E-state index is 5.65. The zero-order valence-corrected chi connectivity index (χ0v) is 10.6. The summed E-state index contributed by atoms with van der Waals surface area (Å²) >= 11 is 3.33. The molecule has 82 valence electrons. The van der Waals surface area contributed by atoms with Crippen molar-refractivity contribution in [3.63, 3.8) is 0 Å². The van der Waals surface area contributed by atoms with Gasteiger partial charge in [-0.15, -0.1) is 0 Å². The van der Waals surface area contributed by atoms with E-state index in [9.17, 15) is 0 Å². The number of hydrogen-bond donors (Lipinski definition) is 0. The first-order valence-electron chi connectivity index (χ1n) is 5.04. The van der Waals surface area contributed by atoms with E-state index >= 15 is 0 Å². The molecule has 0 radical (unpaired) electrons. The highest BCUT2D eigenvalue weighted by Gasteiger charge is 1.97. The molecule has 0 aliphatic rings. The molecule has 2 aromatic rings. The molecule has 0 bridgehead atoms. The van der Waals surface area contributed by atoms with Gasteiger partial charge in [-0.05, 0) is 52.7 Å². The molecule has 0 unspecified atom stereocenters. The van der Waals surface area contributed by atoms with Gasteiger partial charge in [-0.1, -0.05) is 17.7 Å². The molecule has 3 heteroatoms. The van der Waals surface area contributed by atoms with Crippen molar-refractivity contribution >= 4 is 15.9 Å². The number of aryl methyl sites for hydroxylation is 1. The fraction of sp³-hybridized carbons (Fsp3) is 0.154. The maximum atomic E-state index is 5.65. The summed E-state index contributed by atoms with van der Waals surface area (Å²) in [6.45, 7) is 2.62. The molecule has 0 atom stereocenters. The van der Waals surface area contributed by atoms with Crippen LogP contribution in [0.1, 0.15) is 11.1 Å². The van der Waals surface area contributed by atoms with E-state index in [1.54, 1.807) is 6.20 Å². The Morgan fingerprint density at radius 2 is 1.94 bits per heavy atom. The smallest absolute Gasteiger partial charge is 0.119 e. The molecule has 0 fully saturated rings. The second-order valence-corrected chi connectivity index (χ2v) is 4.40. The van der Waals surface area contributed by atoms with Gasteiger partial charge in [0, 0.05) is 6.20 Å². The van der Waals surface area contributed by atoms with E-state index in [0.29, 0.717) is 6.61 Å². The van der Waals surface area contributed by atoms with Gasteiger partial charge in [-0.25, -0.2) is 4.98 Å². The quantitative estimate of drug-likeness (QED) is 0.798. The van der Waals surface area contributed by atoms with E-state index in [0.717, 1.165) is 15.9 Å². The van der Waals surface area contributed by atoms with Crippen molar-refractivity contribution in [1.82, 2.24) is 4.98 Å². The van der Waals surface area contributed by atoms with Crippen LogP contribution in [0.4, 0.5) is 0 Å². The number of ether oxygens (including phenoxy) is 1. The summed E-state index contributed by atoms with van der Waals surface area (Å²) in [5, 5.41) is 0. The van der Waals surface area contributed by atoms with E-state index in [4.69, 9.17) is 4.74 Å². The summed E-state index contributed by atoms with van der Waals surface area (Å²) in [5.41, 5.74) is 2.33. The zero-order valence-electron chi connectivity index (χ0n) is 8.98. The average Bonchev–Trinajstić information content (AvgIpc) is 2.28. The summed E-state index contributed by atoms with van der Waals surface area (Å²) in [4.78, 5) is 4.07. The van der Waals surface area contributed by atoms with Gasteiger partial charge in [-0.2, -0.15) is 0 Å². The summed E-state index contributed by atoms with van der Waals surface area (Å²) in [6, 6.07) is 11.9. The first kappa shape index (κ1) is 11.1. The van der Waals surface area contributed by atoms with Gasteiger partial charge in [-0.3, -0.25) is 0 Å². The van der Waals surface area contributed by atoms with Crippen molar-refractivity contribution in [3.05, 3.63) is 58.3 Å². The molecular weight excluding hydrogens is 266 g/mol. The first-order chi connectivity index (χ1) is 7.74. The maximum Gasteiger partial charge on any atom is 0.119 e. The summed E-state index contributed by atoms with van der Waals surface area (Å²) in [5.74, 6) is 0.888. The monoisotopic (exact) mass is 277 g/mol. The summed E-state index contributed by atoms with van der Waals surface area (Å²) in [6.07, 6.45) is 1.76. The third-order valence-electron chi connectivity index (χ3n) is 2.22. The van der Waals surface area contributed by atoms with Crippen molar-refractivity contribution in [1.29, 1.82) is 0 Å². The Kier molecular flexibility index (Phi) is 3.57. The predicted octanol–water partition coefficient (Wildman–Crippen LogP) is 3.73. The van der Waals surface area contributed by atoms with Crippen LogP contribution in [0, 0.1) is 6.92 Å². The Morgan fingerprint density at radius 1 is 1.19 bits per heavy atom. The standard InChI is InChI=1S/C13H12BrNO/c1-10-2-4-12(5-3-10)16-9-11-6-7-15-13(14)8-11/h2-8H,9H2,1H3. The molecule has 0 spiro atoms. The molecule has 16 heavy (non-hydrogen) atoms. The van der Waals surface area contributed by atoms with Gasteiger partial charge in [0.05, 0.1) is 0 Å². The molecule has 1 aromatic heterocycles. The van der Waals surface area contributed by atoms with Crippen molar-refractivity contribution in [3.8, 4) is 5.75 Å². The van der Waals surface area contributed by atoms with Gasteiger partial charge in [0.2, 0.25) is 0 Å². The molecule has 2 rings (SSSR count). The van der Waals surface area contributed by atoms with E-state index in [1.165, 1.54) is 5.56 Å². The van der Waals surface area contributed by atoms with E-state index in [-0.39, 0.29) is 0 Å². The van der Waals surface area contributed by atoms with Crippen LogP contribution in [-0.2, 0) is 6.61 Å². The van der Waals surface area contributed by atoms with Crippen molar-refractivity contribution in [2.45, 2.75) is 13.5 Å². The lowest BCUT2D eigenvalue weighted by molar-refractivity contribution is 0.306. The van der Waals surface area contributed by atoms with Crippen LogP contribution in [0.15, 0.2) is 47.2 Å². The zero-order chi connectivity index (χ0) is 11.4. The van der Waals surface area contributed by atoms with Crippen LogP contribution < -0.4 is 4.74 Å². The van der Waals surface area contributed by atoms with Gasteiger partial charge < -0.3 is 4.74 Å². The van der Waals surface area contributed by atoms with E-state index < -0.39 is 0 Å². The molecule has 0 aliphatic carbocycles. The number of halogens is 1. The summed E-state index contributed by atoms with van der Waals surface area (Å²) in [7, 11) is 0. The number of nitrogens with zero attached hydrogens (tertiary/aromatic N) is 1. The van der Waals surface area contributed by atoms with E-state index in [2.05, 4.69) is 27.8 Å². The molecule has 0 aliphatic heterocycles. The van der Waals surface area contributed by atoms with Crippen LogP contribution in [0.25, 0.3) is 0 Å². The second kappa shape index (κ2) is 5.12. The van der Waals surface area contributed by atoms with Gasteiger partial charge >= 0.3 is 0 Å². The Hall–Kier alpha value is -1.35. The molecule has 0 saturated heterocycles. The number of pyridine rings is 1. The number of aromatic nitrogens is 1. The van der Waals surface area contributed by atoms with Crippen molar-refractivity contribution in [2.24, 2.45) is 0 Å². The van der Waals surface area contributed by atoms with Gasteiger partial charge in [0.15, 0.2) is 0 Å². The molecule has 2 nitrogen and oxygen atoms in total. The lowest BCUT2D eigenvalue weighted by Crippen LogP contribution is -1.95. The first-order valence-corrected chi connectivity index (χ1v) is 5.83. The third kappa shape index (κ3) is 3.07. The Balaban J connectivity index is 1.99. The van der Waals surface area contributed by atoms with Crippen LogP contribution in [0.5, 0.6) is 5.75 Å². The SMILES string of the molecule is Cc1ccc(OCc2ccnc(Br)c2)cc1.